The molecule has 0 saturated heterocycles. The Morgan fingerprint density at radius 2 is 1.86 bits per heavy atom. The summed E-state index contributed by atoms with van der Waals surface area (Å²) in [5.41, 5.74) is 0.552. The van der Waals surface area contributed by atoms with Crippen LogP contribution in [0.15, 0.2) is 23.1 Å². The molecule has 1 aliphatic carbocycles. The average Bonchev–Trinajstić information content (AvgIpc) is 2.62. The van der Waals surface area contributed by atoms with Crippen molar-refractivity contribution in [2.24, 2.45) is 11.3 Å². The fraction of sp³-hybridized carbons (Fsp3) is 0.667. The lowest BCUT2D eigenvalue weighted by Crippen LogP contribution is -2.45. The Morgan fingerprint density at radius 3 is 2.48 bits per heavy atom. The predicted octanol–water partition coefficient (Wildman–Crippen LogP) is 4.11. The summed E-state index contributed by atoms with van der Waals surface area (Å²) in [6.45, 7) is 7.42. The van der Waals surface area contributed by atoms with E-state index in [1.807, 2.05) is 0 Å². The fourth-order valence-corrected chi connectivity index (χ4v) is 5.06. The van der Waals surface area contributed by atoms with Crippen molar-refractivity contribution in [2.75, 3.05) is 26.0 Å². The summed E-state index contributed by atoms with van der Waals surface area (Å²) < 4.78 is 25.7. The zero-order chi connectivity index (χ0) is 21.8. The van der Waals surface area contributed by atoms with Gasteiger partial charge in [0.2, 0.25) is 15.9 Å². The molecule has 0 aromatic heterocycles. The molecule has 6 nitrogen and oxygen atoms in total. The Balaban J connectivity index is 1.96. The van der Waals surface area contributed by atoms with Crippen LogP contribution in [0.1, 0.15) is 52.9 Å². The van der Waals surface area contributed by atoms with Crippen molar-refractivity contribution in [1.82, 2.24) is 9.62 Å². The van der Waals surface area contributed by atoms with E-state index < -0.39 is 10.0 Å². The van der Waals surface area contributed by atoms with Crippen LogP contribution in [0.25, 0.3) is 0 Å². The number of hydrogen-bond acceptors (Lipinski definition) is 4. The number of benzene rings is 1. The van der Waals surface area contributed by atoms with Crippen molar-refractivity contribution in [3.63, 3.8) is 0 Å². The monoisotopic (exact) mass is 443 g/mol. The van der Waals surface area contributed by atoms with Gasteiger partial charge in [-0.05, 0) is 42.4 Å². The molecule has 0 radical (unpaired) electrons. The largest absolute Gasteiger partial charge is 0.325 e. The average molecular weight is 444 g/mol. The minimum Gasteiger partial charge on any atom is -0.325 e. The molecule has 0 spiro atoms. The SMILES string of the molecule is CN(C)S(=O)(=O)c1ccc(Cl)c(NC(=O)CCNC2CCCCC2C(C)(C)C)c1. The van der Waals surface area contributed by atoms with Crippen molar-refractivity contribution >= 4 is 33.2 Å². The van der Waals surface area contributed by atoms with E-state index in [1.54, 1.807) is 0 Å². The van der Waals surface area contributed by atoms with Gasteiger partial charge in [-0.1, -0.05) is 45.2 Å². The summed E-state index contributed by atoms with van der Waals surface area (Å²) in [6.07, 6.45) is 5.15. The fourth-order valence-electron chi connectivity index (χ4n) is 3.97. The highest BCUT2D eigenvalue weighted by molar-refractivity contribution is 7.89. The standard InChI is InChI=1S/C21H34ClN3O3S/c1-21(2,3)16-8-6-7-9-18(16)23-13-12-20(26)24-19-14-15(10-11-17(19)22)29(27,28)25(4)5/h10-11,14,16,18,23H,6-9,12-13H2,1-5H3,(H,24,26). The maximum absolute atomic E-state index is 12.4. The van der Waals surface area contributed by atoms with E-state index in [2.05, 4.69) is 31.4 Å². The smallest absolute Gasteiger partial charge is 0.242 e. The van der Waals surface area contributed by atoms with Crippen LogP contribution in [0.2, 0.25) is 5.02 Å². The van der Waals surface area contributed by atoms with E-state index in [0.717, 1.165) is 10.7 Å². The second-order valence-electron chi connectivity index (χ2n) is 9.04. The van der Waals surface area contributed by atoms with Gasteiger partial charge in [-0.25, -0.2) is 12.7 Å². The number of sulfonamides is 1. The van der Waals surface area contributed by atoms with Crippen LogP contribution < -0.4 is 10.6 Å². The Hall–Kier alpha value is -1.15. The van der Waals surface area contributed by atoms with Crippen LogP contribution in [0.3, 0.4) is 0 Å². The summed E-state index contributed by atoms with van der Waals surface area (Å²) in [7, 11) is -0.668. The van der Waals surface area contributed by atoms with E-state index in [4.69, 9.17) is 11.6 Å². The van der Waals surface area contributed by atoms with Gasteiger partial charge in [0, 0.05) is 33.1 Å². The van der Waals surface area contributed by atoms with E-state index in [9.17, 15) is 13.2 Å². The van der Waals surface area contributed by atoms with Crippen molar-refractivity contribution in [2.45, 2.75) is 63.8 Å². The molecule has 8 heteroatoms. The molecule has 1 aromatic rings. The number of carbonyl (C=O) groups is 1. The molecule has 1 aliphatic rings. The van der Waals surface area contributed by atoms with Gasteiger partial charge in [-0.2, -0.15) is 0 Å². The van der Waals surface area contributed by atoms with Crippen LogP contribution in [-0.4, -0.2) is 45.3 Å². The minimum atomic E-state index is -3.59. The van der Waals surface area contributed by atoms with Gasteiger partial charge in [0.1, 0.15) is 0 Å². The van der Waals surface area contributed by atoms with Gasteiger partial charge in [0.05, 0.1) is 15.6 Å². The van der Waals surface area contributed by atoms with E-state index in [0.29, 0.717) is 35.6 Å². The molecule has 2 rings (SSSR count). The van der Waals surface area contributed by atoms with Gasteiger partial charge < -0.3 is 10.6 Å². The first kappa shape index (κ1) is 24.1. The summed E-state index contributed by atoms with van der Waals surface area (Å²) in [5, 5.41) is 6.62. The Morgan fingerprint density at radius 1 is 1.21 bits per heavy atom. The molecule has 1 amide bonds. The van der Waals surface area contributed by atoms with Crippen LogP contribution in [0, 0.1) is 11.3 Å². The van der Waals surface area contributed by atoms with Crippen LogP contribution >= 0.6 is 11.6 Å². The van der Waals surface area contributed by atoms with Gasteiger partial charge in [-0.15, -0.1) is 0 Å². The van der Waals surface area contributed by atoms with Crippen LogP contribution in [0.4, 0.5) is 5.69 Å². The number of carbonyl (C=O) groups excluding carboxylic acids is 1. The summed E-state index contributed by atoms with van der Waals surface area (Å²) in [4.78, 5) is 12.5. The third-order valence-electron chi connectivity index (χ3n) is 5.63. The molecular weight excluding hydrogens is 410 g/mol. The zero-order valence-corrected chi connectivity index (χ0v) is 19.7. The molecule has 1 fully saturated rings. The molecule has 2 atom stereocenters. The third kappa shape index (κ3) is 6.41. The predicted molar refractivity (Wildman–Crippen MR) is 119 cm³/mol. The van der Waals surface area contributed by atoms with Crippen molar-refractivity contribution in [3.05, 3.63) is 23.2 Å². The lowest BCUT2D eigenvalue weighted by atomic mass is 9.69. The quantitative estimate of drug-likeness (QED) is 0.664. The molecule has 164 valence electrons. The van der Waals surface area contributed by atoms with E-state index in [-0.39, 0.29) is 16.2 Å². The maximum atomic E-state index is 12.4. The maximum Gasteiger partial charge on any atom is 0.242 e. The molecule has 0 aliphatic heterocycles. The second-order valence-corrected chi connectivity index (χ2v) is 11.6. The molecule has 0 bridgehead atoms. The lowest BCUT2D eigenvalue weighted by Gasteiger charge is -2.41. The Bertz CT molecular complexity index is 819. The first-order valence-corrected chi connectivity index (χ1v) is 12.0. The number of anilines is 1. The molecule has 29 heavy (non-hydrogen) atoms. The second kappa shape index (κ2) is 9.77. The molecule has 1 aromatic carbocycles. The molecule has 0 heterocycles. The summed E-state index contributed by atoms with van der Waals surface area (Å²) in [6, 6.07) is 4.75. The number of rotatable bonds is 7. The molecule has 1 saturated carbocycles. The lowest BCUT2D eigenvalue weighted by molar-refractivity contribution is -0.116. The number of nitrogens with one attached hydrogen (secondary N) is 2. The highest BCUT2D eigenvalue weighted by Gasteiger charge is 2.33. The first-order chi connectivity index (χ1) is 13.4. The van der Waals surface area contributed by atoms with Crippen LogP contribution in [-0.2, 0) is 14.8 Å². The number of amides is 1. The van der Waals surface area contributed by atoms with Crippen molar-refractivity contribution in [1.29, 1.82) is 0 Å². The molecule has 2 N–H and O–H groups in total. The summed E-state index contributed by atoms with van der Waals surface area (Å²) >= 11 is 6.16. The third-order valence-corrected chi connectivity index (χ3v) is 7.77. The minimum absolute atomic E-state index is 0.0931. The number of nitrogens with zero attached hydrogens (tertiary/aromatic N) is 1. The Labute approximate surface area is 180 Å². The van der Waals surface area contributed by atoms with E-state index in [1.165, 1.54) is 51.6 Å². The number of hydrogen-bond donors (Lipinski definition) is 2. The molecular formula is C21H34ClN3O3S. The van der Waals surface area contributed by atoms with Crippen molar-refractivity contribution < 1.29 is 13.2 Å². The van der Waals surface area contributed by atoms with Gasteiger partial charge in [-0.3, -0.25) is 4.79 Å². The highest BCUT2D eigenvalue weighted by atomic mass is 35.5. The molecule has 2 unspecified atom stereocenters. The van der Waals surface area contributed by atoms with Crippen molar-refractivity contribution in [3.8, 4) is 0 Å². The van der Waals surface area contributed by atoms with Crippen LogP contribution in [0.5, 0.6) is 0 Å². The van der Waals surface area contributed by atoms with E-state index >= 15 is 0 Å². The topological polar surface area (TPSA) is 78.5 Å². The van der Waals surface area contributed by atoms with Gasteiger partial charge >= 0.3 is 0 Å². The summed E-state index contributed by atoms with van der Waals surface area (Å²) in [5.74, 6) is 0.406. The van der Waals surface area contributed by atoms with Gasteiger partial charge in [0.15, 0.2) is 0 Å². The number of halogens is 1. The zero-order valence-electron chi connectivity index (χ0n) is 18.1. The Kier molecular flexibility index (Phi) is 8.13. The van der Waals surface area contributed by atoms with Gasteiger partial charge in [0.25, 0.3) is 0 Å². The normalized spacial score (nSPS) is 20.7. The highest BCUT2D eigenvalue weighted by Crippen LogP contribution is 2.38. The first-order valence-electron chi connectivity index (χ1n) is 10.2.